The summed E-state index contributed by atoms with van der Waals surface area (Å²) in [6.45, 7) is 8.63. The Kier molecular flexibility index (Phi) is 2.35. The lowest BCUT2D eigenvalue weighted by Crippen LogP contribution is -2.42. The summed E-state index contributed by atoms with van der Waals surface area (Å²) in [7, 11) is -0.392. The van der Waals surface area contributed by atoms with Gasteiger partial charge in [-0.25, -0.2) is 4.99 Å². The number of hydrogen-bond donors (Lipinski definition) is 0. The van der Waals surface area contributed by atoms with Gasteiger partial charge in [0.15, 0.2) is 0 Å². The lowest BCUT2D eigenvalue weighted by Gasteiger charge is -2.32. The molecule has 0 saturated carbocycles. The molecule has 0 aromatic carbocycles. The number of nitrogens with zero attached hydrogens (tertiary/aromatic N) is 3. The Labute approximate surface area is 90.3 Å². The second kappa shape index (κ2) is 3.32. The third-order valence-electron chi connectivity index (χ3n) is 3.12. The number of hydrogen-bond acceptors (Lipinski definition) is 5. The van der Waals surface area contributed by atoms with Gasteiger partial charge in [-0.3, -0.25) is 4.99 Å². The summed E-state index contributed by atoms with van der Waals surface area (Å²) >= 11 is 0. The van der Waals surface area contributed by atoms with E-state index in [0.717, 1.165) is 0 Å². The molecule has 0 atom stereocenters. The number of rotatable bonds is 1. The van der Waals surface area contributed by atoms with Crippen molar-refractivity contribution in [2.45, 2.75) is 38.9 Å². The van der Waals surface area contributed by atoms with Gasteiger partial charge in [-0.1, -0.05) is 0 Å². The van der Waals surface area contributed by atoms with Crippen molar-refractivity contribution < 1.29 is 9.31 Å². The molecule has 6 heteroatoms. The maximum Gasteiger partial charge on any atom is 0.596 e. The van der Waals surface area contributed by atoms with E-state index < -0.39 is 7.25 Å². The minimum atomic E-state index is -0.392. The SMILES string of the molecule is CC1(C)OB(N2C=NC=NC2)OC1(C)C. The summed E-state index contributed by atoms with van der Waals surface area (Å²) < 4.78 is 11.7. The molecule has 0 aromatic heterocycles. The van der Waals surface area contributed by atoms with Crippen molar-refractivity contribution >= 4 is 19.9 Å². The second-order valence-electron chi connectivity index (χ2n) is 4.78. The zero-order chi connectivity index (χ0) is 11.1. The third-order valence-corrected chi connectivity index (χ3v) is 3.12. The summed E-state index contributed by atoms with van der Waals surface area (Å²) in [6.07, 6.45) is 3.22. The summed E-state index contributed by atoms with van der Waals surface area (Å²) in [5, 5.41) is 0. The molecular formula is C9H16BN3O2. The summed E-state index contributed by atoms with van der Waals surface area (Å²) in [5.74, 6) is 0. The Morgan fingerprint density at radius 3 is 2.27 bits per heavy atom. The first-order chi connectivity index (χ1) is 6.92. The summed E-state index contributed by atoms with van der Waals surface area (Å²) in [5.41, 5.74) is -0.626. The van der Waals surface area contributed by atoms with Gasteiger partial charge in [-0.2, -0.15) is 0 Å². The van der Waals surface area contributed by atoms with Gasteiger partial charge in [0.1, 0.15) is 13.0 Å². The molecule has 2 aliphatic rings. The molecule has 1 saturated heterocycles. The van der Waals surface area contributed by atoms with Gasteiger partial charge in [-0.05, 0) is 27.7 Å². The van der Waals surface area contributed by atoms with Gasteiger partial charge in [0.05, 0.1) is 17.5 Å². The highest BCUT2D eigenvalue weighted by atomic mass is 16.7. The molecule has 0 radical (unpaired) electrons. The van der Waals surface area contributed by atoms with Crippen LogP contribution in [0.1, 0.15) is 27.7 Å². The monoisotopic (exact) mass is 209 g/mol. The fourth-order valence-corrected chi connectivity index (χ4v) is 1.40. The molecule has 2 heterocycles. The quantitative estimate of drug-likeness (QED) is 0.603. The lowest BCUT2D eigenvalue weighted by molar-refractivity contribution is 0.00578. The zero-order valence-corrected chi connectivity index (χ0v) is 9.60. The Hall–Kier alpha value is -0.875. The van der Waals surface area contributed by atoms with Crippen LogP contribution in [0.5, 0.6) is 0 Å². The molecule has 0 aliphatic carbocycles. The minimum absolute atomic E-state index is 0.313. The van der Waals surface area contributed by atoms with Crippen LogP contribution < -0.4 is 0 Å². The van der Waals surface area contributed by atoms with E-state index in [2.05, 4.69) is 9.98 Å². The molecule has 2 aliphatic heterocycles. The van der Waals surface area contributed by atoms with E-state index >= 15 is 0 Å². The van der Waals surface area contributed by atoms with E-state index in [4.69, 9.17) is 9.31 Å². The largest absolute Gasteiger partial charge is 0.596 e. The van der Waals surface area contributed by atoms with Gasteiger partial charge in [-0.15, -0.1) is 0 Å². The van der Waals surface area contributed by atoms with E-state index in [1.807, 2.05) is 32.5 Å². The van der Waals surface area contributed by atoms with Crippen LogP contribution >= 0.6 is 0 Å². The van der Waals surface area contributed by atoms with Gasteiger partial charge in [0, 0.05) is 0 Å². The fourth-order valence-electron chi connectivity index (χ4n) is 1.40. The molecule has 82 valence electrons. The van der Waals surface area contributed by atoms with E-state index in [1.165, 1.54) is 6.34 Å². The molecule has 0 aromatic rings. The predicted molar refractivity (Wildman–Crippen MR) is 59.8 cm³/mol. The predicted octanol–water partition coefficient (Wildman–Crippen LogP) is 0.905. The molecule has 2 rings (SSSR count). The van der Waals surface area contributed by atoms with Crippen LogP contribution in [0.25, 0.3) is 0 Å². The van der Waals surface area contributed by atoms with Crippen molar-refractivity contribution in [2.75, 3.05) is 6.67 Å². The normalized spacial score (nSPS) is 27.5. The molecule has 0 bridgehead atoms. The van der Waals surface area contributed by atoms with Crippen molar-refractivity contribution in [3.05, 3.63) is 0 Å². The minimum Gasteiger partial charge on any atom is -0.384 e. The van der Waals surface area contributed by atoms with Gasteiger partial charge in [0.2, 0.25) is 0 Å². The van der Waals surface area contributed by atoms with Crippen LogP contribution in [0.15, 0.2) is 9.98 Å². The summed E-state index contributed by atoms with van der Waals surface area (Å²) in [4.78, 5) is 9.82. The van der Waals surface area contributed by atoms with Crippen LogP contribution in [0, 0.1) is 0 Å². The first-order valence-electron chi connectivity index (χ1n) is 5.05. The van der Waals surface area contributed by atoms with Crippen molar-refractivity contribution in [1.29, 1.82) is 0 Å². The van der Waals surface area contributed by atoms with E-state index in [9.17, 15) is 0 Å². The van der Waals surface area contributed by atoms with Crippen LogP contribution in [0.3, 0.4) is 0 Å². The molecule has 1 fully saturated rings. The first-order valence-corrected chi connectivity index (χ1v) is 5.05. The Bertz CT molecular complexity index is 298. The molecular weight excluding hydrogens is 193 g/mol. The fraction of sp³-hybridized carbons (Fsp3) is 0.778. The van der Waals surface area contributed by atoms with Crippen LogP contribution in [0.2, 0.25) is 0 Å². The standard InChI is InChI=1S/C9H16BN3O2/c1-8(2)9(3,4)15-10(14-8)13-6-11-5-12-7-13/h5-6H,7H2,1-4H3. The van der Waals surface area contributed by atoms with Crippen molar-refractivity contribution in [2.24, 2.45) is 9.98 Å². The molecule has 0 unspecified atom stereocenters. The highest BCUT2D eigenvalue weighted by molar-refractivity contribution is 6.45. The average Bonchev–Trinajstić information content (AvgIpc) is 2.38. The third kappa shape index (κ3) is 1.79. The zero-order valence-electron chi connectivity index (χ0n) is 9.60. The van der Waals surface area contributed by atoms with Gasteiger partial charge < -0.3 is 14.1 Å². The smallest absolute Gasteiger partial charge is 0.384 e. The molecule has 0 spiro atoms. The number of aliphatic imine (C=N–C) groups is 2. The molecule has 0 N–H and O–H groups in total. The molecule has 5 nitrogen and oxygen atoms in total. The van der Waals surface area contributed by atoms with E-state index in [-0.39, 0.29) is 11.2 Å². The first kappa shape index (κ1) is 10.6. The van der Waals surface area contributed by atoms with E-state index in [1.54, 1.807) is 6.34 Å². The van der Waals surface area contributed by atoms with Crippen molar-refractivity contribution in [3.63, 3.8) is 0 Å². The van der Waals surface area contributed by atoms with Gasteiger partial charge in [0.25, 0.3) is 0 Å². The van der Waals surface area contributed by atoms with E-state index in [0.29, 0.717) is 6.67 Å². The Balaban J connectivity index is 2.09. The Morgan fingerprint density at radius 1 is 1.20 bits per heavy atom. The lowest BCUT2D eigenvalue weighted by atomic mass is 9.90. The highest BCUT2D eigenvalue weighted by Gasteiger charge is 2.54. The Morgan fingerprint density at radius 2 is 1.80 bits per heavy atom. The van der Waals surface area contributed by atoms with Crippen molar-refractivity contribution in [1.82, 2.24) is 4.81 Å². The van der Waals surface area contributed by atoms with Gasteiger partial charge >= 0.3 is 7.25 Å². The average molecular weight is 209 g/mol. The molecule has 0 amide bonds. The molecule has 15 heavy (non-hydrogen) atoms. The van der Waals surface area contributed by atoms with Crippen LogP contribution in [0.4, 0.5) is 0 Å². The van der Waals surface area contributed by atoms with Crippen LogP contribution in [-0.4, -0.2) is 42.6 Å². The van der Waals surface area contributed by atoms with Crippen molar-refractivity contribution in [3.8, 4) is 0 Å². The summed E-state index contributed by atoms with van der Waals surface area (Å²) in [6, 6.07) is 0. The topological polar surface area (TPSA) is 46.4 Å². The maximum atomic E-state index is 5.84. The van der Waals surface area contributed by atoms with Crippen LogP contribution in [-0.2, 0) is 9.31 Å². The maximum absolute atomic E-state index is 5.84. The second-order valence-corrected chi connectivity index (χ2v) is 4.78. The highest BCUT2D eigenvalue weighted by Crippen LogP contribution is 2.37.